The van der Waals surface area contributed by atoms with Gasteiger partial charge in [-0.3, -0.25) is 0 Å². The second kappa shape index (κ2) is 5.51. The highest BCUT2D eigenvalue weighted by atomic mass is 16.3. The molecule has 1 aromatic rings. The molecule has 1 saturated heterocycles. The molecule has 19 heavy (non-hydrogen) atoms. The van der Waals surface area contributed by atoms with Crippen LogP contribution in [0, 0.1) is 5.41 Å². The molecule has 0 unspecified atom stereocenters. The molecular weight excluding hydrogens is 236 g/mol. The van der Waals surface area contributed by atoms with Gasteiger partial charge in [0.25, 0.3) is 0 Å². The summed E-state index contributed by atoms with van der Waals surface area (Å²) in [6.45, 7) is 8.96. The van der Waals surface area contributed by atoms with E-state index in [-0.39, 0.29) is 11.5 Å². The Morgan fingerprint density at radius 3 is 2.63 bits per heavy atom. The number of anilines is 1. The summed E-state index contributed by atoms with van der Waals surface area (Å²) in [6.07, 6.45) is 1.72. The number of aliphatic hydroxyl groups is 1. The van der Waals surface area contributed by atoms with Gasteiger partial charge in [-0.25, -0.2) is 0 Å². The minimum Gasteiger partial charge on any atom is -0.391 e. The summed E-state index contributed by atoms with van der Waals surface area (Å²) in [6, 6.07) is 6.59. The third-order valence-electron chi connectivity index (χ3n) is 3.60. The first-order valence-electron chi connectivity index (χ1n) is 7.14. The molecule has 1 heterocycles. The molecule has 106 valence electrons. The Balaban J connectivity index is 2.21. The molecule has 0 aliphatic carbocycles. The fourth-order valence-electron chi connectivity index (χ4n) is 2.79. The van der Waals surface area contributed by atoms with Gasteiger partial charge in [-0.15, -0.1) is 0 Å². The molecule has 0 spiro atoms. The highest BCUT2D eigenvalue weighted by Gasteiger charge is 2.22. The average molecular weight is 262 g/mol. The van der Waals surface area contributed by atoms with Gasteiger partial charge in [-0.05, 0) is 35.4 Å². The first kappa shape index (κ1) is 14.4. The van der Waals surface area contributed by atoms with Gasteiger partial charge in [0, 0.05) is 25.3 Å². The summed E-state index contributed by atoms with van der Waals surface area (Å²) in [5.74, 6) is 0. The SMILES string of the molecule is CC(C)(C)Cc1ccc(N2CC[C@@H](O)C2)c(CN)c1. The van der Waals surface area contributed by atoms with Gasteiger partial charge in [0.15, 0.2) is 0 Å². The van der Waals surface area contributed by atoms with Gasteiger partial charge in [-0.2, -0.15) is 0 Å². The van der Waals surface area contributed by atoms with E-state index in [0.717, 1.165) is 25.9 Å². The van der Waals surface area contributed by atoms with Crippen molar-refractivity contribution >= 4 is 5.69 Å². The van der Waals surface area contributed by atoms with Crippen molar-refractivity contribution in [3.63, 3.8) is 0 Å². The van der Waals surface area contributed by atoms with Gasteiger partial charge < -0.3 is 15.7 Å². The molecule has 0 radical (unpaired) electrons. The Kier molecular flexibility index (Phi) is 4.16. The van der Waals surface area contributed by atoms with Crippen LogP contribution in [0.2, 0.25) is 0 Å². The molecule has 0 aromatic heterocycles. The maximum Gasteiger partial charge on any atom is 0.0731 e. The van der Waals surface area contributed by atoms with Gasteiger partial charge in [-0.1, -0.05) is 32.9 Å². The molecule has 0 bridgehead atoms. The standard InChI is InChI=1S/C16H26N2O/c1-16(2,3)9-12-4-5-15(13(8-12)10-17)18-7-6-14(19)11-18/h4-5,8,14,19H,6-7,9-11,17H2,1-3H3/t14-/m1/s1. The molecule has 2 rings (SSSR count). The number of hydrogen-bond acceptors (Lipinski definition) is 3. The number of β-amino-alcohol motifs (C(OH)–C–C–N with tert-alkyl or cyclic N) is 1. The van der Waals surface area contributed by atoms with Crippen LogP contribution >= 0.6 is 0 Å². The summed E-state index contributed by atoms with van der Waals surface area (Å²) >= 11 is 0. The average Bonchev–Trinajstić information content (AvgIpc) is 2.73. The minimum atomic E-state index is -0.195. The van der Waals surface area contributed by atoms with Crippen LogP contribution in [-0.4, -0.2) is 24.3 Å². The Morgan fingerprint density at radius 1 is 1.37 bits per heavy atom. The number of aliphatic hydroxyl groups excluding tert-OH is 1. The lowest BCUT2D eigenvalue weighted by atomic mass is 9.87. The van der Waals surface area contributed by atoms with Gasteiger partial charge in [0.2, 0.25) is 0 Å². The molecule has 0 saturated carbocycles. The van der Waals surface area contributed by atoms with Crippen LogP contribution in [-0.2, 0) is 13.0 Å². The van der Waals surface area contributed by atoms with Crippen molar-refractivity contribution in [3.05, 3.63) is 29.3 Å². The number of rotatable bonds is 3. The summed E-state index contributed by atoms with van der Waals surface area (Å²) in [5, 5.41) is 9.66. The van der Waals surface area contributed by atoms with Crippen molar-refractivity contribution in [1.29, 1.82) is 0 Å². The highest BCUT2D eigenvalue weighted by molar-refractivity contribution is 5.56. The normalized spacial score (nSPS) is 20.1. The van der Waals surface area contributed by atoms with Crippen molar-refractivity contribution in [2.75, 3.05) is 18.0 Å². The third-order valence-corrected chi connectivity index (χ3v) is 3.60. The molecule has 3 nitrogen and oxygen atoms in total. The summed E-state index contributed by atoms with van der Waals surface area (Å²) in [5.41, 5.74) is 9.91. The molecule has 3 N–H and O–H groups in total. The van der Waals surface area contributed by atoms with Crippen molar-refractivity contribution < 1.29 is 5.11 Å². The predicted molar refractivity (Wildman–Crippen MR) is 80.3 cm³/mol. The van der Waals surface area contributed by atoms with Crippen LogP contribution in [0.1, 0.15) is 38.3 Å². The monoisotopic (exact) mass is 262 g/mol. The van der Waals surface area contributed by atoms with Crippen LogP contribution in [0.3, 0.4) is 0 Å². The number of benzene rings is 1. The quantitative estimate of drug-likeness (QED) is 0.879. The number of hydrogen-bond donors (Lipinski definition) is 2. The second-order valence-corrected chi connectivity index (χ2v) is 6.79. The van der Waals surface area contributed by atoms with E-state index in [9.17, 15) is 5.11 Å². The zero-order valence-corrected chi connectivity index (χ0v) is 12.3. The maximum absolute atomic E-state index is 9.66. The van der Waals surface area contributed by atoms with Crippen LogP contribution < -0.4 is 10.6 Å². The second-order valence-electron chi connectivity index (χ2n) is 6.79. The van der Waals surface area contributed by atoms with Crippen molar-refractivity contribution in [2.24, 2.45) is 11.1 Å². The Bertz CT molecular complexity index is 437. The number of nitrogens with zero attached hydrogens (tertiary/aromatic N) is 1. The Labute approximate surface area is 116 Å². The fourth-order valence-corrected chi connectivity index (χ4v) is 2.79. The Morgan fingerprint density at radius 2 is 2.11 bits per heavy atom. The van der Waals surface area contributed by atoms with Crippen LogP contribution in [0.5, 0.6) is 0 Å². The summed E-state index contributed by atoms with van der Waals surface area (Å²) < 4.78 is 0. The summed E-state index contributed by atoms with van der Waals surface area (Å²) in [7, 11) is 0. The zero-order valence-electron chi connectivity index (χ0n) is 12.3. The van der Waals surface area contributed by atoms with Gasteiger partial charge in [0.05, 0.1) is 6.10 Å². The molecule has 1 fully saturated rings. The van der Waals surface area contributed by atoms with Crippen LogP contribution in [0.15, 0.2) is 18.2 Å². The molecule has 1 aromatic carbocycles. The van der Waals surface area contributed by atoms with E-state index in [1.807, 2.05) is 0 Å². The molecule has 1 atom stereocenters. The van der Waals surface area contributed by atoms with Gasteiger partial charge in [0.1, 0.15) is 0 Å². The lowest BCUT2D eigenvalue weighted by molar-refractivity contribution is 0.198. The van der Waals surface area contributed by atoms with Crippen LogP contribution in [0.25, 0.3) is 0 Å². The maximum atomic E-state index is 9.66. The first-order valence-corrected chi connectivity index (χ1v) is 7.14. The largest absolute Gasteiger partial charge is 0.391 e. The lowest BCUT2D eigenvalue weighted by Gasteiger charge is -2.23. The van der Waals surface area contributed by atoms with E-state index in [1.165, 1.54) is 16.8 Å². The smallest absolute Gasteiger partial charge is 0.0731 e. The van der Waals surface area contributed by atoms with E-state index < -0.39 is 0 Å². The minimum absolute atomic E-state index is 0.195. The number of nitrogens with two attached hydrogens (primary N) is 1. The van der Waals surface area contributed by atoms with E-state index in [4.69, 9.17) is 5.73 Å². The zero-order chi connectivity index (χ0) is 14.0. The van der Waals surface area contributed by atoms with E-state index in [0.29, 0.717) is 6.54 Å². The van der Waals surface area contributed by atoms with E-state index in [2.05, 4.69) is 43.9 Å². The Hall–Kier alpha value is -1.06. The summed E-state index contributed by atoms with van der Waals surface area (Å²) in [4.78, 5) is 2.24. The molecule has 3 heteroatoms. The topological polar surface area (TPSA) is 49.5 Å². The predicted octanol–water partition coefficient (Wildman–Crippen LogP) is 2.30. The van der Waals surface area contributed by atoms with Crippen LogP contribution in [0.4, 0.5) is 5.69 Å². The lowest BCUT2D eigenvalue weighted by Crippen LogP contribution is -2.23. The van der Waals surface area contributed by atoms with E-state index >= 15 is 0 Å². The van der Waals surface area contributed by atoms with Crippen molar-refractivity contribution in [2.45, 2.75) is 46.3 Å². The fraction of sp³-hybridized carbons (Fsp3) is 0.625. The van der Waals surface area contributed by atoms with Crippen molar-refractivity contribution in [1.82, 2.24) is 0 Å². The molecule has 1 aliphatic heterocycles. The van der Waals surface area contributed by atoms with Crippen molar-refractivity contribution in [3.8, 4) is 0 Å². The molecular formula is C16H26N2O. The van der Waals surface area contributed by atoms with Gasteiger partial charge >= 0.3 is 0 Å². The first-order chi connectivity index (χ1) is 8.89. The van der Waals surface area contributed by atoms with E-state index in [1.54, 1.807) is 0 Å². The highest BCUT2D eigenvalue weighted by Crippen LogP contribution is 2.28. The third kappa shape index (κ3) is 3.71. The molecule has 0 amide bonds. The molecule has 1 aliphatic rings.